The molecule has 0 bridgehead atoms. The fourth-order valence-electron chi connectivity index (χ4n) is 3.90. The Bertz CT molecular complexity index is 532. The first-order valence-electron chi connectivity index (χ1n) is 8.55. The predicted molar refractivity (Wildman–Crippen MR) is 86.3 cm³/mol. The van der Waals surface area contributed by atoms with Crippen LogP contribution in [0.25, 0.3) is 0 Å². The summed E-state index contributed by atoms with van der Waals surface area (Å²) >= 11 is 0. The maximum Gasteiger partial charge on any atom is 0.410 e. The average Bonchev–Trinajstić information content (AvgIpc) is 2.80. The summed E-state index contributed by atoms with van der Waals surface area (Å²) < 4.78 is 10.7. The Morgan fingerprint density at radius 1 is 1.21 bits per heavy atom. The van der Waals surface area contributed by atoms with Crippen molar-refractivity contribution < 1.29 is 24.2 Å². The molecule has 136 valence electrons. The SMILES string of the molecule is CC(C)(C)OC(=O)N1CC(C)(C(=O)N2CC(CO)C3(COC3)C2)C1. The van der Waals surface area contributed by atoms with Crippen LogP contribution in [0.1, 0.15) is 27.7 Å². The van der Waals surface area contributed by atoms with Crippen molar-refractivity contribution in [2.75, 3.05) is 46.0 Å². The molecule has 3 heterocycles. The summed E-state index contributed by atoms with van der Waals surface area (Å²) in [5, 5.41) is 9.60. The molecular weight excluding hydrogens is 312 g/mol. The van der Waals surface area contributed by atoms with Crippen molar-refractivity contribution in [2.45, 2.75) is 33.3 Å². The number of aliphatic hydroxyl groups excluding tert-OH is 1. The van der Waals surface area contributed by atoms with Gasteiger partial charge in [-0.15, -0.1) is 0 Å². The second kappa shape index (κ2) is 5.59. The largest absolute Gasteiger partial charge is 0.444 e. The van der Waals surface area contributed by atoms with Gasteiger partial charge in [0.25, 0.3) is 0 Å². The molecule has 7 heteroatoms. The smallest absolute Gasteiger partial charge is 0.410 e. The first kappa shape index (κ1) is 17.5. The van der Waals surface area contributed by atoms with Crippen molar-refractivity contribution in [3.8, 4) is 0 Å². The van der Waals surface area contributed by atoms with Crippen molar-refractivity contribution in [1.29, 1.82) is 0 Å². The van der Waals surface area contributed by atoms with Crippen LogP contribution < -0.4 is 0 Å². The molecule has 0 aliphatic carbocycles. The van der Waals surface area contributed by atoms with Crippen LogP contribution in [0.4, 0.5) is 4.79 Å². The number of carbonyl (C=O) groups excluding carboxylic acids is 2. The molecule has 1 N–H and O–H groups in total. The molecule has 24 heavy (non-hydrogen) atoms. The Hall–Kier alpha value is -1.34. The fraction of sp³-hybridized carbons (Fsp3) is 0.882. The minimum atomic E-state index is -0.562. The van der Waals surface area contributed by atoms with E-state index in [0.29, 0.717) is 39.4 Å². The quantitative estimate of drug-likeness (QED) is 0.801. The van der Waals surface area contributed by atoms with Crippen molar-refractivity contribution in [2.24, 2.45) is 16.7 Å². The number of hydrogen-bond donors (Lipinski definition) is 1. The van der Waals surface area contributed by atoms with E-state index >= 15 is 0 Å². The van der Waals surface area contributed by atoms with E-state index in [2.05, 4.69) is 0 Å². The first-order chi connectivity index (χ1) is 11.1. The first-order valence-corrected chi connectivity index (χ1v) is 8.55. The Morgan fingerprint density at radius 2 is 1.83 bits per heavy atom. The highest BCUT2D eigenvalue weighted by molar-refractivity contribution is 5.86. The maximum atomic E-state index is 12.9. The van der Waals surface area contributed by atoms with Gasteiger partial charge in [-0.1, -0.05) is 0 Å². The second-order valence-corrected chi connectivity index (χ2v) is 8.82. The van der Waals surface area contributed by atoms with Crippen molar-refractivity contribution in [3.05, 3.63) is 0 Å². The Balaban J connectivity index is 1.58. The van der Waals surface area contributed by atoms with E-state index in [-0.39, 0.29) is 29.9 Å². The summed E-state index contributed by atoms with van der Waals surface area (Å²) in [6.07, 6.45) is -0.369. The fourth-order valence-corrected chi connectivity index (χ4v) is 3.90. The Kier molecular flexibility index (Phi) is 4.07. The molecule has 3 fully saturated rings. The maximum absolute atomic E-state index is 12.9. The molecule has 3 aliphatic heterocycles. The lowest BCUT2D eigenvalue weighted by atomic mass is 9.77. The van der Waals surface area contributed by atoms with Crippen LogP contribution in [0.3, 0.4) is 0 Å². The van der Waals surface area contributed by atoms with Gasteiger partial charge in [-0.3, -0.25) is 4.79 Å². The molecule has 0 aromatic rings. The van der Waals surface area contributed by atoms with Crippen LogP contribution in [0.15, 0.2) is 0 Å². The van der Waals surface area contributed by atoms with Gasteiger partial charge in [0.15, 0.2) is 0 Å². The highest BCUT2D eigenvalue weighted by atomic mass is 16.6. The molecular formula is C17H28N2O5. The third-order valence-electron chi connectivity index (χ3n) is 5.35. The lowest BCUT2D eigenvalue weighted by Crippen LogP contribution is -2.64. The molecule has 2 amide bonds. The van der Waals surface area contributed by atoms with Gasteiger partial charge < -0.3 is 24.4 Å². The summed E-state index contributed by atoms with van der Waals surface area (Å²) in [6.45, 7) is 10.7. The van der Waals surface area contributed by atoms with Gasteiger partial charge in [0.05, 0.1) is 18.6 Å². The highest BCUT2D eigenvalue weighted by Crippen LogP contribution is 2.44. The lowest BCUT2D eigenvalue weighted by Gasteiger charge is -2.48. The zero-order chi connectivity index (χ0) is 17.8. The van der Waals surface area contributed by atoms with E-state index in [1.165, 1.54) is 0 Å². The van der Waals surface area contributed by atoms with Crippen LogP contribution in [-0.2, 0) is 14.3 Å². The molecule has 1 atom stereocenters. The number of ether oxygens (including phenoxy) is 2. The molecule has 7 nitrogen and oxygen atoms in total. The van der Waals surface area contributed by atoms with Crippen LogP contribution in [0.2, 0.25) is 0 Å². The van der Waals surface area contributed by atoms with E-state index in [1.54, 1.807) is 4.90 Å². The number of carbonyl (C=O) groups is 2. The number of nitrogens with zero attached hydrogens (tertiary/aromatic N) is 2. The van der Waals surface area contributed by atoms with Gasteiger partial charge in [0, 0.05) is 44.1 Å². The van der Waals surface area contributed by atoms with Crippen molar-refractivity contribution >= 4 is 12.0 Å². The van der Waals surface area contributed by atoms with Crippen molar-refractivity contribution in [3.63, 3.8) is 0 Å². The topological polar surface area (TPSA) is 79.3 Å². The van der Waals surface area contributed by atoms with E-state index in [1.807, 2.05) is 32.6 Å². The van der Waals surface area contributed by atoms with Gasteiger partial charge in [0.1, 0.15) is 5.60 Å². The second-order valence-electron chi connectivity index (χ2n) is 8.82. The number of amides is 2. The van der Waals surface area contributed by atoms with Gasteiger partial charge in [-0.05, 0) is 27.7 Å². The summed E-state index contributed by atoms with van der Waals surface area (Å²) in [7, 11) is 0. The number of aliphatic hydroxyl groups is 1. The van der Waals surface area contributed by atoms with E-state index in [9.17, 15) is 14.7 Å². The average molecular weight is 340 g/mol. The number of likely N-dealkylation sites (tertiary alicyclic amines) is 2. The van der Waals surface area contributed by atoms with Crippen LogP contribution >= 0.6 is 0 Å². The molecule has 0 radical (unpaired) electrons. The monoisotopic (exact) mass is 340 g/mol. The van der Waals surface area contributed by atoms with Gasteiger partial charge in [0.2, 0.25) is 5.91 Å². The van der Waals surface area contributed by atoms with E-state index in [0.717, 1.165) is 0 Å². The minimum absolute atomic E-state index is 0.0598. The third-order valence-corrected chi connectivity index (χ3v) is 5.35. The summed E-state index contributed by atoms with van der Waals surface area (Å²) in [4.78, 5) is 28.4. The Morgan fingerprint density at radius 3 is 2.25 bits per heavy atom. The molecule has 3 aliphatic rings. The summed E-state index contributed by atoms with van der Waals surface area (Å²) in [6, 6.07) is 0. The van der Waals surface area contributed by atoms with E-state index in [4.69, 9.17) is 9.47 Å². The lowest BCUT2D eigenvalue weighted by molar-refractivity contribution is -0.154. The molecule has 0 saturated carbocycles. The molecule has 1 unspecified atom stereocenters. The van der Waals surface area contributed by atoms with Crippen LogP contribution in [-0.4, -0.2) is 78.5 Å². The Labute approximate surface area is 142 Å². The molecule has 3 rings (SSSR count). The highest BCUT2D eigenvalue weighted by Gasteiger charge is 2.57. The number of hydrogen-bond acceptors (Lipinski definition) is 5. The summed E-state index contributed by atoms with van der Waals surface area (Å²) in [5.41, 5.74) is -1.17. The number of rotatable bonds is 2. The zero-order valence-electron chi connectivity index (χ0n) is 15.0. The van der Waals surface area contributed by atoms with Crippen LogP contribution in [0.5, 0.6) is 0 Å². The van der Waals surface area contributed by atoms with Crippen LogP contribution in [0, 0.1) is 16.7 Å². The summed E-state index contributed by atoms with van der Waals surface area (Å²) in [5.74, 6) is 0.144. The third kappa shape index (κ3) is 2.88. The molecule has 0 aromatic carbocycles. The zero-order valence-corrected chi connectivity index (χ0v) is 15.0. The minimum Gasteiger partial charge on any atom is -0.444 e. The normalized spacial score (nSPS) is 27.6. The van der Waals surface area contributed by atoms with Crippen molar-refractivity contribution in [1.82, 2.24) is 9.80 Å². The van der Waals surface area contributed by atoms with Gasteiger partial charge in [-0.25, -0.2) is 4.79 Å². The van der Waals surface area contributed by atoms with Gasteiger partial charge in [-0.2, -0.15) is 0 Å². The molecule has 0 aromatic heterocycles. The molecule has 1 spiro atoms. The molecule has 3 saturated heterocycles. The standard InChI is InChI=1S/C17H28N2O5/c1-15(2,3)24-14(22)19-7-16(4,8-19)13(21)18-5-12(6-20)17(9-18)10-23-11-17/h12,20H,5-11H2,1-4H3. The predicted octanol–water partition coefficient (Wildman–Crippen LogP) is 0.711. The van der Waals surface area contributed by atoms with E-state index < -0.39 is 11.0 Å². The van der Waals surface area contributed by atoms with Gasteiger partial charge >= 0.3 is 6.09 Å².